The summed E-state index contributed by atoms with van der Waals surface area (Å²) < 4.78 is 18.1. The second kappa shape index (κ2) is 9.78. The summed E-state index contributed by atoms with van der Waals surface area (Å²) in [6.07, 6.45) is 0.511. The molecule has 0 aromatic heterocycles. The summed E-state index contributed by atoms with van der Waals surface area (Å²) in [6, 6.07) is 34.9. The van der Waals surface area contributed by atoms with Crippen LogP contribution < -0.4 is 14.2 Å². The number of hydrazone groups is 1. The number of ether oxygens (including phenoxy) is 3. The van der Waals surface area contributed by atoms with Gasteiger partial charge in [0.1, 0.15) is 23.9 Å². The average molecular weight is 477 g/mol. The van der Waals surface area contributed by atoms with Gasteiger partial charge in [-0.25, -0.2) is 5.01 Å². The minimum atomic E-state index is -0.312. The van der Waals surface area contributed by atoms with Crippen LogP contribution in [0.4, 0.5) is 0 Å². The first kappa shape index (κ1) is 22.2. The minimum Gasteiger partial charge on any atom is -0.494 e. The van der Waals surface area contributed by atoms with E-state index in [1.165, 1.54) is 5.56 Å². The first-order valence-corrected chi connectivity index (χ1v) is 12.4. The molecule has 0 radical (unpaired) electrons. The third-order valence-electron chi connectivity index (χ3n) is 6.61. The molecule has 0 fully saturated rings. The van der Waals surface area contributed by atoms with Crippen molar-refractivity contribution in [3.63, 3.8) is 0 Å². The van der Waals surface area contributed by atoms with Gasteiger partial charge < -0.3 is 14.2 Å². The molecule has 2 unspecified atom stereocenters. The van der Waals surface area contributed by atoms with Crippen molar-refractivity contribution < 1.29 is 14.2 Å². The van der Waals surface area contributed by atoms with Crippen LogP contribution in [-0.4, -0.2) is 17.3 Å². The van der Waals surface area contributed by atoms with E-state index in [0.717, 1.165) is 46.1 Å². The van der Waals surface area contributed by atoms with Gasteiger partial charge in [0.05, 0.1) is 18.4 Å². The van der Waals surface area contributed by atoms with Crippen molar-refractivity contribution in [2.75, 3.05) is 6.61 Å². The summed E-state index contributed by atoms with van der Waals surface area (Å²) in [5.74, 6) is 2.62. The third-order valence-corrected chi connectivity index (χ3v) is 6.61. The van der Waals surface area contributed by atoms with Gasteiger partial charge in [0.15, 0.2) is 0 Å². The maximum atomic E-state index is 6.49. The third kappa shape index (κ3) is 4.40. The van der Waals surface area contributed by atoms with Crippen molar-refractivity contribution in [1.82, 2.24) is 5.01 Å². The van der Waals surface area contributed by atoms with Crippen LogP contribution in [0.15, 0.2) is 108 Å². The fourth-order valence-corrected chi connectivity index (χ4v) is 4.81. The Morgan fingerprint density at radius 3 is 2.28 bits per heavy atom. The Bertz CT molecular complexity index is 1350. The SMILES string of the molecule is CCOc1ccc(C2=NN3C(C2)c2ccccc2OC3c2ccc(OCc3ccccc3)cc2)cc1. The molecule has 2 aliphatic rings. The molecule has 36 heavy (non-hydrogen) atoms. The molecule has 0 saturated carbocycles. The molecule has 0 saturated heterocycles. The van der Waals surface area contributed by atoms with Gasteiger partial charge in [-0.2, -0.15) is 5.10 Å². The summed E-state index contributed by atoms with van der Waals surface area (Å²) in [7, 11) is 0. The van der Waals surface area contributed by atoms with Gasteiger partial charge >= 0.3 is 0 Å². The molecule has 4 aromatic rings. The Hall–Kier alpha value is -4.25. The van der Waals surface area contributed by atoms with E-state index >= 15 is 0 Å². The molecule has 0 spiro atoms. The van der Waals surface area contributed by atoms with E-state index in [2.05, 4.69) is 53.5 Å². The molecule has 6 rings (SSSR count). The van der Waals surface area contributed by atoms with Crippen LogP contribution in [0.3, 0.4) is 0 Å². The Morgan fingerprint density at radius 2 is 1.50 bits per heavy atom. The van der Waals surface area contributed by atoms with Gasteiger partial charge in [0, 0.05) is 17.5 Å². The van der Waals surface area contributed by atoms with E-state index in [1.807, 2.05) is 61.5 Å². The summed E-state index contributed by atoms with van der Waals surface area (Å²) in [5, 5.41) is 7.17. The molecule has 4 aromatic carbocycles. The summed E-state index contributed by atoms with van der Waals surface area (Å²) in [6.45, 7) is 3.19. The first-order chi connectivity index (χ1) is 17.8. The highest BCUT2D eigenvalue weighted by Crippen LogP contribution is 2.47. The molecule has 0 bridgehead atoms. The second-order valence-corrected chi connectivity index (χ2v) is 8.96. The topological polar surface area (TPSA) is 43.3 Å². The Kier molecular flexibility index (Phi) is 6.04. The number of nitrogens with zero attached hydrogens (tertiary/aromatic N) is 2. The summed E-state index contributed by atoms with van der Waals surface area (Å²) >= 11 is 0. The predicted molar refractivity (Wildman–Crippen MR) is 140 cm³/mol. The van der Waals surface area contributed by atoms with E-state index in [-0.39, 0.29) is 12.3 Å². The highest BCUT2D eigenvalue weighted by atomic mass is 16.5. The van der Waals surface area contributed by atoms with Gasteiger partial charge in [0.2, 0.25) is 6.23 Å². The molecule has 0 aliphatic carbocycles. The molecule has 5 nitrogen and oxygen atoms in total. The lowest BCUT2D eigenvalue weighted by Gasteiger charge is -2.38. The van der Waals surface area contributed by atoms with Gasteiger partial charge in [-0.05, 0) is 72.6 Å². The molecule has 2 heterocycles. The fourth-order valence-electron chi connectivity index (χ4n) is 4.81. The van der Waals surface area contributed by atoms with Crippen LogP contribution in [0.25, 0.3) is 0 Å². The number of hydrogen-bond donors (Lipinski definition) is 0. The Morgan fingerprint density at radius 1 is 0.806 bits per heavy atom. The number of fused-ring (bicyclic) bond motifs is 3. The highest BCUT2D eigenvalue weighted by Gasteiger charge is 2.40. The monoisotopic (exact) mass is 476 g/mol. The van der Waals surface area contributed by atoms with Gasteiger partial charge in [-0.15, -0.1) is 0 Å². The smallest absolute Gasteiger partial charge is 0.213 e. The van der Waals surface area contributed by atoms with Crippen LogP contribution in [-0.2, 0) is 6.61 Å². The number of para-hydroxylation sites is 1. The van der Waals surface area contributed by atoms with E-state index in [1.54, 1.807) is 0 Å². The van der Waals surface area contributed by atoms with Crippen LogP contribution in [0, 0.1) is 0 Å². The van der Waals surface area contributed by atoms with Crippen LogP contribution in [0.2, 0.25) is 0 Å². The lowest BCUT2D eigenvalue weighted by atomic mass is 9.96. The van der Waals surface area contributed by atoms with Crippen molar-refractivity contribution in [2.24, 2.45) is 5.10 Å². The lowest BCUT2D eigenvalue weighted by Crippen LogP contribution is -2.33. The average Bonchev–Trinajstić information content (AvgIpc) is 3.39. The zero-order valence-electron chi connectivity index (χ0n) is 20.2. The summed E-state index contributed by atoms with van der Waals surface area (Å²) in [5.41, 5.74) is 5.51. The predicted octanol–water partition coefficient (Wildman–Crippen LogP) is 6.91. The molecule has 5 heteroatoms. The number of rotatable bonds is 7. The van der Waals surface area contributed by atoms with Gasteiger partial charge in [-0.1, -0.05) is 48.5 Å². The van der Waals surface area contributed by atoms with E-state index < -0.39 is 0 Å². The molecular formula is C31H28N2O3. The lowest BCUT2D eigenvalue weighted by molar-refractivity contribution is -0.0190. The molecule has 2 aliphatic heterocycles. The minimum absolute atomic E-state index is 0.121. The molecular weight excluding hydrogens is 448 g/mol. The van der Waals surface area contributed by atoms with Gasteiger partial charge in [0.25, 0.3) is 0 Å². The number of benzene rings is 4. The normalized spacial score (nSPS) is 18.0. The molecule has 0 amide bonds. The van der Waals surface area contributed by atoms with Crippen LogP contribution >= 0.6 is 0 Å². The first-order valence-electron chi connectivity index (χ1n) is 12.4. The van der Waals surface area contributed by atoms with Gasteiger partial charge in [-0.3, -0.25) is 0 Å². The van der Waals surface area contributed by atoms with E-state index in [4.69, 9.17) is 19.3 Å². The van der Waals surface area contributed by atoms with E-state index in [9.17, 15) is 0 Å². The van der Waals surface area contributed by atoms with Crippen molar-refractivity contribution in [2.45, 2.75) is 32.2 Å². The standard InChI is InChI=1S/C31H28N2O3/c1-2-34-25-16-12-23(13-17-25)28-20-29-27-10-6-7-11-30(27)36-31(33(29)32-28)24-14-18-26(19-15-24)35-21-22-8-4-3-5-9-22/h3-19,29,31H,2,20-21H2,1H3. The number of hydrogen-bond acceptors (Lipinski definition) is 5. The quantitative estimate of drug-likeness (QED) is 0.291. The Labute approximate surface area is 211 Å². The molecule has 2 atom stereocenters. The maximum absolute atomic E-state index is 6.49. The van der Waals surface area contributed by atoms with Crippen LogP contribution in [0.1, 0.15) is 47.9 Å². The van der Waals surface area contributed by atoms with Crippen LogP contribution in [0.5, 0.6) is 17.2 Å². The van der Waals surface area contributed by atoms with Crippen molar-refractivity contribution in [3.05, 3.63) is 125 Å². The zero-order chi connectivity index (χ0) is 24.3. The summed E-state index contributed by atoms with van der Waals surface area (Å²) in [4.78, 5) is 0. The zero-order valence-corrected chi connectivity index (χ0v) is 20.2. The molecule has 0 N–H and O–H groups in total. The highest BCUT2D eigenvalue weighted by molar-refractivity contribution is 6.02. The largest absolute Gasteiger partial charge is 0.494 e. The fraction of sp³-hybridized carbons (Fsp3) is 0.194. The maximum Gasteiger partial charge on any atom is 0.213 e. The van der Waals surface area contributed by atoms with E-state index in [0.29, 0.717) is 13.2 Å². The molecule has 180 valence electrons. The van der Waals surface area contributed by atoms with Crippen molar-refractivity contribution in [1.29, 1.82) is 0 Å². The van der Waals surface area contributed by atoms with Crippen molar-refractivity contribution in [3.8, 4) is 17.2 Å². The Balaban J connectivity index is 1.26. The second-order valence-electron chi connectivity index (χ2n) is 8.96. The van der Waals surface area contributed by atoms with Crippen molar-refractivity contribution >= 4 is 5.71 Å².